The van der Waals surface area contributed by atoms with Crippen LogP contribution in [0.3, 0.4) is 0 Å². The first-order valence-electron chi connectivity index (χ1n) is 7.86. The predicted molar refractivity (Wildman–Crippen MR) is 95.6 cm³/mol. The van der Waals surface area contributed by atoms with Crippen molar-refractivity contribution in [3.05, 3.63) is 71.8 Å². The Kier molecular flexibility index (Phi) is 5.03. The summed E-state index contributed by atoms with van der Waals surface area (Å²) in [6.07, 6.45) is 0.894. The molecule has 0 spiro atoms. The summed E-state index contributed by atoms with van der Waals surface area (Å²) in [4.78, 5) is 0.00656. The van der Waals surface area contributed by atoms with Gasteiger partial charge in [-0.1, -0.05) is 47.5 Å². The van der Waals surface area contributed by atoms with Crippen molar-refractivity contribution < 1.29 is 25.2 Å². The standard InChI is InChI=1S/C18H18O6S2/c1-13-3-7-15(8-4-13)25(19,20)23-17-11-12-18(17)24-26(21,22)16-9-5-14(2)6-10-16/h3-12,17-18H,1-2H3/t17-,18+. The first-order chi connectivity index (χ1) is 12.2. The number of benzene rings is 2. The van der Waals surface area contributed by atoms with E-state index >= 15 is 0 Å². The minimum Gasteiger partial charge on any atom is -0.256 e. The predicted octanol–water partition coefficient (Wildman–Crippen LogP) is 2.72. The van der Waals surface area contributed by atoms with Crippen LogP contribution in [0.5, 0.6) is 0 Å². The molecular weight excluding hydrogens is 376 g/mol. The van der Waals surface area contributed by atoms with Gasteiger partial charge in [0.15, 0.2) is 0 Å². The lowest BCUT2D eigenvalue weighted by Crippen LogP contribution is -2.38. The van der Waals surface area contributed by atoms with Crippen LogP contribution in [0.1, 0.15) is 11.1 Å². The summed E-state index contributed by atoms with van der Waals surface area (Å²) in [6.45, 7) is 3.68. The van der Waals surface area contributed by atoms with E-state index in [9.17, 15) is 16.8 Å². The molecule has 138 valence electrons. The van der Waals surface area contributed by atoms with E-state index in [1.54, 1.807) is 24.3 Å². The number of aryl methyl sites for hydroxylation is 2. The fraction of sp³-hybridized carbons (Fsp3) is 0.222. The molecule has 0 aromatic heterocycles. The highest BCUT2D eigenvalue weighted by atomic mass is 32.2. The summed E-state index contributed by atoms with van der Waals surface area (Å²) in [5, 5.41) is 0. The largest absolute Gasteiger partial charge is 0.297 e. The van der Waals surface area contributed by atoms with Crippen LogP contribution in [-0.4, -0.2) is 29.0 Å². The third-order valence-electron chi connectivity index (χ3n) is 3.91. The first kappa shape index (κ1) is 18.8. The fourth-order valence-electron chi connectivity index (χ4n) is 2.28. The molecule has 3 rings (SSSR count). The first-order valence-corrected chi connectivity index (χ1v) is 10.7. The monoisotopic (exact) mass is 394 g/mol. The van der Waals surface area contributed by atoms with Crippen LogP contribution in [-0.2, 0) is 28.6 Å². The second-order valence-electron chi connectivity index (χ2n) is 6.04. The quantitative estimate of drug-likeness (QED) is 0.553. The summed E-state index contributed by atoms with van der Waals surface area (Å²) in [5.74, 6) is 0. The van der Waals surface area contributed by atoms with Gasteiger partial charge in [0.05, 0.1) is 9.79 Å². The van der Waals surface area contributed by atoms with Crippen molar-refractivity contribution in [3.8, 4) is 0 Å². The van der Waals surface area contributed by atoms with Gasteiger partial charge >= 0.3 is 0 Å². The number of hydrogen-bond acceptors (Lipinski definition) is 6. The van der Waals surface area contributed by atoms with Crippen molar-refractivity contribution in [2.24, 2.45) is 0 Å². The van der Waals surface area contributed by atoms with E-state index in [0.717, 1.165) is 11.1 Å². The van der Waals surface area contributed by atoms with Crippen LogP contribution in [0.4, 0.5) is 0 Å². The van der Waals surface area contributed by atoms with Gasteiger partial charge in [0.2, 0.25) is 0 Å². The molecule has 26 heavy (non-hydrogen) atoms. The van der Waals surface area contributed by atoms with Crippen molar-refractivity contribution in [3.63, 3.8) is 0 Å². The smallest absolute Gasteiger partial charge is 0.256 e. The Balaban J connectivity index is 1.71. The van der Waals surface area contributed by atoms with Crippen LogP contribution in [0.15, 0.2) is 70.5 Å². The lowest BCUT2D eigenvalue weighted by Gasteiger charge is -2.28. The third-order valence-corrected chi connectivity index (χ3v) is 6.56. The van der Waals surface area contributed by atoms with E-state index in [-0.39, 0.29) is 9.79 Å². The maximum absolute atomic E-state index is 12.3. The topological polar surface area (TPSA) is 86.7 Å². The van der Waals surface area contributed by atoms with Gasteiger partial charge < -0.3 is 0 Å². The van der Waals surface area contributed by atoms with E-state index in [1.165, 1.54) is 36.4 Å². The molecule has 0 N–H and O–H groups in total. The molecule has 0 bridgehead atoms. The maximum atomic E-state index is 12.3. The Morgan fingerprint density at radius 1 is 0.615 bits per heavy atom. The third kappa shape index (κ3) is 4.04. The average molecular weight is 394 g/mol. The molecule has 0 radical (unpaired) electrons. The minimum atomic E-state index is -4.02. The highest BCUT2D eigenvalue weighted by Crippen LogP contribution is 2.27. The normalized spacial score (nSPS) is 19.9. The van der Waals surface area contributed by atoms with Gasteiger partial charge in [0.1, 0.15) is 12.2 Å². The fourth-order valence-corrected chi connectivity index (χ4v) is 4.37. The van der Waals surface area contributed by atoms with E-state index in [2.05, 4.69) is 0 Å². The van der Waals surface area contributed by atoms with Gasteiger partial charge in [0, 0.05) is 0 Å². The van der Waals surface area contributed by atoms with Crippen molar-refractivity contribution in [1.82, 2.24) is 0 Å². The molecule has 0 saturated carbocycles. The van der Waals surface area contributed by atoms with E-state index < -0.39 is 32.4 Å². The zero-order chi connectivity index (χ0) is 18.9. The Hall–Kier alpha value is -2.00. The second kappa shape index (κ2) is 6.96. The molecule has 6 nitrogen and oxygen atoms in total. The molecule has 0 fully saturated rings. The Morgan fingerprint density at radius 2 is 0.923 bits per heavy atom. The van der Waals surface area contributed by atoms with Crippen molar-refractivity contribution >= 4 is 20.2 Å². The summed E-state index contributed by atoms with van der Waals surface area (Å²) in [7, 11) is -8.04. The van der Waals surface area contributed by atoms with Gasteiger partial charge in [-0.25, -0.2) is 0 Å². The van der Waals surface area contributed by atoms with Crippen molar-refractivity contribution in [1.29, 1.82) is 0 Å². The summed E-state index contributed by atoms with van der Waals surface area (Å²) in [6, 6.07) is 12.4. The Bertz CT molecular complexity index is 935. The molecule has 0 saturated heterocycles. The van der Waals surface area contributed by atoms with Crippen molar-refractivity contribution in [2.75, 3.05) is 0 Å². The molecule has 2 atom stereocenters. The average Bonchev–Trinajstić information content (AvgIpc) is 2.58. The molecule has 0 amide bonds. The van der Waals surface area contributed by atoms with Crippen LogP contribution in [0, 0.1) is 13.8 Å². The highest BCUT2D eigenvalue weighted by Gasteiger charge is 2.35. The number of hydrogen-bond donors (Lipinski definition) is 0. The molecule has 1 aliphatic rings. The molecule has 0 aliphatic heterocycles. The minimum absolute atomic E-state index is 0.00328. The van der Waals surface area contributed by atoms with E-state index in [4.69, 9.17) is 8.37 Å². The summed E-state index contributed by atoms with van der Waals surface area (Å²) < 4.78 is 59.4. The lowest BCUT2D eigenvalue weighted by molar-refractivity contribution is 0.103. The molecule has 0 unspecified atom stereocenters. The molecular formula is C18H18O6S2. The number of rotatable bonds is 6. The van der Waals surface area contributed by atoms with Gasteiger partial charge in [-0.15, -0.1) is 0 Å². The molecule has 2 aromatic rings. The summed E-state index contributed by atoms with van der Waals surface area (Å²) >= 11 is 0. The van der Waals surface area contributed by atoms with Crippen LogP contribution in [0.2, 0.25) is 0 Å². The van der Waals surface area contributed by atoms with E-state index in [0.29, 0.717) is 0 Å². The molecule has 1 aliphatic carbocycles. The van der Waals surface area contributed by atoms with Crippen LogP contribution in [0.25, 0.3) is 0 Å². The Morgan fingerprint density at radius 3 is 1.19 bits per heavy atom. The lowest BCUT2D eigenvalue weighted by atomic mass is 10.0. The van der Waals surface area contributed by atoms with E-state index in [1.807, 2.05) is 13.8 Å². The van der Waals surface area contributed by atoms with Crippen LogP contribution >= 0.6 is 0 Å². The van der Waals surface area contributed by atoms with Gasteiger partial charge in [-0.2, -0.15) is 16.8 Å². The zero-order valence-corrected chi connectivity index (χ0v) is 15.8. The highest BCUT2D eigenvalue weighted by molar-refractivity contribution is 7.87. The van der Waals surface area contributed by atoms with Gasteiger partial charge in [-0.3, -0.25) is 8.37 Å². The molecule has 0 heterocycles. The van der Waals surface area contributed by atoms with Gasteiger partial charge in [-0.05, 0) is 38.1 Å². The zero-order valence-electron chi connectivity index (χ0n) is 14.2. The van der Waals surface area contributed by atoms with Crippen LogP contribution < -0.4 is 0 Å². The maximum Gasteiger partial charge on any atom is 0.297 e. The second-order valence-corrected chi connectivity index (χ2v) is 9.19. The van der Waals surface area contributed by atoms with Crippen molar-refractivity contribution in [2.45, 2.75) is 35.8 Å². The molecule has 8 heteroatoms. The van der Waals surface area contributed by atoms with Gasteiger partial charge in [0.25, 0.3) is 20.2 Å². The SMILES string of the molecule is Cc1ccc(S(=O)(=O)O[C@H]2C=C[C@H]2OS(=O)(=O)c2ccc(C)cc2)cc1. The summed E-state index contributed by atoms with van der Waals surface area (Å²) in [5.41, 5.74) is 1.83. The molecule has 2 aromatic carbocycles. The Labute approximate surface area is 153 Å².